The molecular formula is C13H16ClN3S. The summed E-state index contributed by atoms with van der Waals surface area (Å²) < 4.78 is 1.27. The molecule has 0 N–H and O–H groups in total. The van der Waals surface area contributed by atoms with E-state index in [0.717, 1.165) is 49.3 Å². The molecule has 0 saturated carbocycles. The Balaban J connectivity index is 1.72. The lowest BCUT2D eigenvalue weighted by atomic mass is 10.3. The van der Waals surface area contributed by atoms with Crippen molar-refractivity contribution in [3.63, 3.8) is 0 Å². The average Bonchev–Trinajstić information content (AvgIpc) is 2.84. The number of nitrogens with zero attached hydrogens (tertiary/aromatic N) is 3. The lowest BCUT2D eigenvalue weighted by Crippen LogP contribution is -2.46. The summed E-state index contributed by atoms with van der Waals surface area (Å²) in [4.78, 5) is 9.51. The van der Waals surface area contributed by atoms with Crippen molar-refractivity contribution in [3.8, 4) is 0 Å². The maximum absolute atomic E-state index is 5.78. The number of hydrogen-bond donors (Lipinski definition) is 0. The number of anilines is 1. The summed E-state index contributed by atoms with van der Waals surface area (Å²) in [5, 5.41) is 1.15. The minimum Gasteiger partial charge on any atom is -0.345 e. The Morgan fingerprint density at radius 1 is 1.17 bits per heavy atom. The summed E-state index contributed by atoms with van der Waals surface area (Å²) in [5.41, 5.74) is 1.11. The van der Waals surface area contributed by atoms with Crippen LogP contribution in [0.5, 0.6) is 0 Å². The lowest BCUT2D eigenvalue weighted by molar-refractivity contribution is 0.272. The van der Waals surface area contributed by atoms with Crippen molar-refractivity contribution >= 4 is 38.3 Å². The van der Waals surface area contributed by atoms with Crippen molar-refractivity contribution in [2.24, 2.45) is 0 Å². The molecule has 1 aliphatic rings. The zero-order valence-corrected chi connectivity index (χ0v) is 11.8. The van der Waals surface area contributed by atoms with Crippen LogP contribution in [-0.4, -0.2) is 48.5 Å². The number of benzene rings is 1. The Labute approximate surface area is 116 Å². The number of alkyl halides is 1. The summed E-state index contributed by atoms with van der Waals surface area (Å²) in [6.07, 6.45) is 0. The van der Waals surface area contributed by atoms with E-state index < -0.39 is 0 Å². The fraction of sp³-hybridized carbons (Fsp3) is 0.462. The molecule has 18 heavy (non-hydrogen) atoms. The molecule has 0 bridgehead atoms. The van der Waals surface area contributed by atoms with Crippen LogP contribution in [0.25, 0.3) is 10.2 Å². The largest absolute Gasteiger partial charge is 0.345 e. The van der Waals surface area contributed by atoms with E-state index in [9.17, 15) is 0 Å². The minimum atomic E-state index is 0.723. The maximum Gasteiger partial charge on any atom is 0.186 e. The van der Waals surface area contributed by atoms with Crippen LogP contribution in [0.2, 0.25) is 0 Å². The van der Waals surface area contributed by atoms with Crippen LogP contribution < -0.4 is 4.90 Å². The SMILES string of the molecule is ClCCN1CCN(c2nc3ccccc3s2)CC1. The maximum atomic E-state index is 5.78. The van der Waals surface area contributed by atoms with Crippen LogP contribution in [0.3, 0.4) is 0 Å². The molecule has 2 aromatic rings. The topological polar surface area (TPSA) is 19.4 Å². The molecule has 0 spiro atoms. The molecule has 2 heterocycles. The molecule has 0 radical (unpaired) electrons. The fourth-order valence-electron chi connectivity index (χ4n) is 2.28. The van der Waals surface area contributed by atoms with Crippen LogP contribution in [0.1, 0.15) is 0 Å². The number of halogens is 1. The third kappa shape index (κ3) is 2.46. The highest BCUT2D eigenvalue weighted by molar-refractivity contribution is 7.22. The van der Waals surface area contributed by atoms with E-state index in [1.165, 1.54) is 4.70 Å². The summed E-state index contributed by atoms with van der Waals surface area (Å²) in [5.74, 6) is 0.723. The van der Waals surface area contributed by atoms with Gasteiger partial charge in [0.05, 0.1) is 10.2 Å². The first-order valence-corrected chi connectivity index (χ1v) is 7.61. The highest BCUT2D eigenvalue weighted by Gasteiger charge is 2.19. The Morgan fingerprint density at radius 2 is 1.94 bits per heavy atom. The number of piperazine rings is 1. The van der Waals surface area contributed by atoms with Gasteiger partial charge in [-0.2, -0.15) is 0 Å². The molecule has 1 aliphatic heterocycles. The second-order valence-electron chi connectivity index (χ2n) is 4.48. The quantitative estimate of drug-likeness (QED) is 0.807. The zero-order chi connectivity index (χ0) is 12.4. The normalized spacial score (nSPS) is 17.5. The van der Waals surface area contributed by atoms with Gasteiger partial charge < -0.3 is 4.90 Å². The third-order valence-corrected chi connectivity index (χ3v) is 4.59. The molecule has 3 rings (SSSR count). The molecule has 1 fully saturated rings. The van der Waals surface area contributed by atoms with Crippen LogP contribution >= 0.6 is 22.9 Å². The molecule has 1 aromatic carbocycles. The number of aromatic nitrogens is 1. The Kier molecular flexibility index (Phi) is 3.68. The van der Waals surface area contributed by atoms with Gasteiger partial charge in [-0.05, 0) is 12.1 Å². The molecule has 0 unspecified atom stereocenters. The second kappa shape index (κ2) is 5.43. The van der Waals surface area contributed by atoms with Crippen molar-refractivity contribution in [1.29, 1.82) is 0 Å². The van der Waals surface area contributed by atoms with Crippen molar-refractivity contribution < 1.29 is 0 Å². The van der Waals surface area contributed by atoms with Gasteiger partial charge in [-0.15, -0.1) is 11.6 Å². The number of hydrogen-bond acceptors (Lipinski definition) is 4. The van der Waals surface area contributed by atoms with Crippen molar-refractivity contribution in [2.45, 2.75) is 0 Å². The van der Waals surface area contributed by atoms with Crippen LogP contribution in [-0.2, 0) is 0 Å². The van der Waals surface area contributed by atoms with E-state index in [1.54, 1.807) is 11.3 Å². The molecule has 96 valence electrons. The van der Waals surface area contributed by atoms with Crippen molar-refractivity contribution in [3.05, 3.63) is 24.3 Å². The van der Waals surface area contributed by atoms with Gasteiger partial charge in [-0.1, -0.05) is 23.5 Å². The number of fused-ring (bicyclic) bond motifs is 1. The summed E-state index contributed by atoms with van der Waals surface area (Å²) in [6, 6.07) is 8.34. The molecule has 5 heteroatoms. The van der Waals surface area contributed by atoms with Crippen molar-refractivity contribution in [1.82, 2.24) is 9.88 Å². The predicted molar refractivity (Wildman–Crippen MR) is 79.0 cm³/mol. The van der Waals surface area contributed by atoms with Gasteiger partial charge in [-0.25, -0.2) is 4.98 Å². The van der Waals surface area contributed by atoms with Gasteiger partial charge in [0.2, 0.25) is 0 Å². The van der Waals surface area contributed by atoms with Crippen LogP contribution in [0.4, 0.5) is 5.13 Å². The monoisotopic (exact) mass is 281 g/mol. The minimum absolute atomic E-state index is 0.723. The lowest BCUT2D eigenvalue weighted by Gasteiger charge is -2.34. The van der Waals surface area contributed by atoms with E-state index in [1.807, 2.05) is 6.07 Å². The van der Waals surface area contributed by atoms with E-state index >= 15 is 0 Å². The van der Waals surface area contributed by atoms with E-state index in [4.69, 9.17) is 16.6 Å². The molecular weight excluding hydrogens is 266 g/mol. The van der Waals surface area contributed by atoms with Crippen molar-refractivity contribution in [2.75, 3.05) is 43.5 Å². The molecule has 0 aliphatic carbocycles. The van der Waals surface area contributed by atoms with E-state index in [-0.39, 0.29) is 0 Å². The molecule has 3 nitrogen and oxygen atoms in total. The van der Waals surface area contributed by atoms with Gasteiger partial charge in [0, 0.05) is 38.6 Å². The number of thiazole rings is 1. The second-order valence-corrected chi connectivity index (χ2v) is 5.87. The molecule has 1 saturated heterocycles. The van der Waals surface area contributed by atoms with Gasteiger partial charge in [0.1, 0.15) is 0 Å². The Hall–Kier alpha value is -0.840. The smallest absolute Gasteiger partial charge is 0.186 e. The van der Waals surface area contributed by atoms with Gasteiger partial charge >= 0.3 is 0 Å². The summed E-state index contributed by atoms with van der Waals surface area (Å²) >= 11 is 7.56. The molecule has 0 amide bonds. The number of rotatable bonds is 3. The van der Waals surface area contributed by atoms with Gasteiger partial charge in [0.15, 0.2) is 5.13 Å². The predicted octanol–water partition coefficient (Wildman–Crippen LogP) is 2.66. The summed E-state index contributed by atoms with van der Waals surface area (Å²) in [7, 11) is 0. The fourth-order valence-corrected chi connectivity index (χ4v) is 3.53. The third-order valence-electron chi connectivity index (χ3n) is 3.33. The van der Waals surface area contributed by atoms with Gasteiger partial charge in [-0.3, -0.25) is 4.90 Å². The standard InChI is InChI=1S/C13H16ClN3S/c14-5-6-16-7-9-17(10-8-16)13-15-11-3-1-2-4-12(11)18-13/h1-4H,5-10H2. The van der Waals surface area contributed by atoms with E-state index in [0.29, 0.717) is 0 Å². The first kappa shape index (κ1) is 12.2. The summed E-state index contributed by atoms with van der Waals surface area (Å²) in [6.45, 7) is 5.27. The zero-order valence-electron chi connectivity index (χ0n) is 10.2. The Morgan fingerprint density at radius 3 is 2.67 bits per heavy atom. The van der Waals surface area contributed by atoms with Crippen LogP contribution in [0.15, 0.2) is 24.3 Å². The highest BCUT2D eigenvalue weighted by Crippen LogP contribution is 2.28. The molecule has 0 atom stereocenters. The van der Waals surface area contributed by atoms with Crippen LogP contribution in [0, 0.1) is 0 Å². The number of para-hydroxylation sites is 1. The average molecular weight is 282 g/mol. The van der Waals surface area contributed by atoms with E-state index in [2.05, 4.69) is 28.0 Å². The Bertz CT molecular complexity index is 487. The first-order chi connectivity index (χ1) is 8.86. The molecule has 1 aromatic heterocycles. The first-order valence-electron chi connectivity index (χ1n) is 6.25. The highest BCUT2D eigenvalue weighted by atomic mass is 35.5. The van der Waals surface area contributed by atoms with Gasteiger partial charge in [0.25, 0.3) is 0 Å².